The SMILES string of the molecule is Cc1ccc(NC(=O)C(=O)N/N=C/c2cc([N+](=O)[O-])ccc2O)cc1Cl. The molecule has 0 aliphatic rings. The lowest BCUT2D eigenvalue weighted by Gasteiger charge is -2.05. The molecule has 0 saturated carbocycles. The van der Waals surface area contributed by atoms with Gasteiger partial charge in [-0.05, 0) is 30.7 Å². The summed E-state index contributed by atoms with van der Waals surface area (Å²) in [5, 5.41) is 26.6. The summed E-state index contributed by atoms with van der Waals surface area (Å²) in [6, 6.07) is 8.06. The maximum absolute atomic E-state index is 11.8. The number of nitrogens with one attached hydrogen (secondary N) is 2. The summed E-state index contributed by atoms with van der Waals surface area (Å²) in [5.74, 6) is -2.32. The van der Waals surface area contributed by atoms with Crippen molar-refractivity contribution in [2.75, 3.05) is 5.32 Å². The number of aryl methyl sites for hydroxylation is 1. The molecule has 2 aromatic rings. The molecule has 0 unspecified atom stereocenters. The number of nitro benzene ring substituents is 1. The number of hydrogen-bond donors (Lipinski definition) is 3. The van der Waals surface area contributed by atoms with Gasteiger partial charge in [-0.1, -0.05) is 17.7 Å². The average Bonchev–Trinajstić information content (AvgIpc) is 2.59. The number of nitrogens with zero attached hydrogens (tertiary/aromatic N) is 2. The molecule has 0 atom stereocenters. The van der Waals surface area contributed by atoms with Crippen LogP contribution in [-0.2, 0) is 9.59 Å². The zero-order valence-electron chi connectivity index (χ0n) is 13.4. The van der Waals surface area contributed by atoms with Crippen LogP contribution in [0.4, 0.5) is 11.4 Å². The molecule has 0 aliphatic carbocycles. The van der Waals surface area contributed by atoms with Crippen LogP contribution in [0, 0.1) is 17.0 Å². The van der Waals surface area contributed by atoms with Gasteiger partial charge in [-0.25, -0.2) is 5.43 Å². The quantitative estimate of drug-likeness (QED) is 0.326. The van der Waals surface area contributed by atoms with Crippen LogP contribution >= 0.6 is 11.6 Å². The number of nitro groups is 1. The van der Waals surface area contributed by atoms with Gasteiger partial charge in [-0.3, -0.25) is 19.7 Å². The van der Waals surface area contributed by atoms with E-state index in [-0.39, 0.29) is 17.0 Å². The number of carbonyl (C=O) groups is 2. The second-order valence-electron chi connectivity index (χ2n) is 5.12. The van der Waals surface area contributed by atoms with Crippen molar-refractivity contribution in [2.45, 2.75) is 6.92 Å². The molecule has 2 rings (SSSR count). The molecular formula is C16H13ClN4O5. The van der Waals surface area contributed by atoms with Gasteiger partial charge < -0.3 is 10.4 Å². The van der Waals surface area contributed by atoms with Gasteiger partial charge >= 0.3 is 11.8 Å². The molecule has 134 valence electrons. The van der Waals surface area contributed by atoms with E-state index in [0.29, 0.717) is 10.7 Å². The molecule has 0 radical (unpaired) electrons. The highest BCUT2D eigenvalue weighted by atomic mass is 35.5. The zero-order valence-corrected chi connectivity index (χ0v) is 14.1. The zero-order chi connectivity index (χ0) is 19.3. The van der Waals surface area contributed by atoms with Crippen LogP contribution in [0.1, 0.15) is 11.1 Å². The number of anilines is 1. The highest BCUT2D eigenvalue weighted by molar-refractivity contribution is 6.39. The Morgan fingerprint density at radius 2 is 1.96 bits per heavy atom. The fourth-order valence-electron chi connectivity index (χ4n) is 1.83. The van der Waals surface area contributed by atoms with Crippen molar-refractivity contribution < 1.29 is 19.6 Å². The summed E-state index contributed by atoms with van der Waals surface area (Å²) >= 11 is 5.93. The molecule has 0 saturated heterocycles. The highest BCUT2D eigenvalue weighted by Gasteiger charge is 2.14. The van der Waals surface area contributed by atoms with Crippen LogP contribution < -0.4 is 10.7 Å². The lowest BCUT2D eigenvalue weighted by Crippen LogP contribution is -2.32. The first-order valence-corrected chi connectivity index (χ1v) is 7.53. The minimum atomic E-state index is -1.07. The monoisotopic (exact) mass is 376 g/mol. The lowest BCUT2D eigenvalue weighted by atomic mass is 10.2. The number of phenols is 1. The number of hydrazone groups is 1. The van der Waals surface area contributed by atoms with Crippen LogP contribution in [0.5, 0.6) is 5.75 Å². The van der Waals surface area contributed by atoms with Crippen molar-refractivity contribution in [1.29, 1.82) is 0 Å². The van der Waals surface area contributed by atoms with E-state index in [4.69, 9.17) is 11.6 Å². The van der Waals surface area contributed by atoms with Crippen molar-refractivity contribution in [1.82, 2.24) is 5.43 Å². The minimum absolute atomic E-state index is 0.00484. The summed E-state index contributed by atoms with van der Waals surface area (Å²) in [6.45, 7) is 1.79. The number of benzene rings is 2. The van der Waals surface area contributed by atoms with Gasteiger partial charge in [0.05, 0.1) is 11.1 Å². The van der Waals surface area contributed by atoms with Gasteiger partial charge in [0, 0.05) is 28.4 Å². The molecule has 0 heterocycles. The van der Waals surface area contributed by atoms with Crippen molar-refractivity contribution in [3.63, 3.8) is 0 Å². The third-order valence-electron chi connectivity index (χ3n) is 3.23. The van der Waals surface area contributed by atoms with E-state index in [1.807, 2.05) is 5.43 Å². The van der Waals surface area contributed by atoms with Crippen molar-refractivity contribution in [3.8, 4) is 5.75 Å². The molecule has 10 heteroatoms. The molecule has 9 nitrogen and oxygen atoms in total. The number of phenolic OH excluding ortho intramolecular Hbond substituents is 1. The largest absolute Gasteiger partial charge is 0.507 e. The number of rotatable bonds is 4. The Bertz CT molecular complexity index is 914. The van der Waals surface area contributed by atoms with Crippen molar-refractivity contribution in [3.05, 3.63) is 62.7 Å². The van der Waals surface area contributed by atoms with Crippen LogP contribution in [0.3, 0.4) is 0 Å². The number of halogens is 1. The Labute approximate surface area is 152 Å². The van der Waals surface area contributed by atoms with E-state index in [1.54, 1.807) is 19.1 Å². The molecule has 0 fully saturated rings. The van der Waals surface area contributed by atoms with Crippen LogP contribution in [0.2, 0.25) is 5.02 Å². The standard InChI is InChI=1S/C16H13ClN4O5/c1-9-2-3-11(7-13(9)17)19-15(23)16(24)20-18-8-10-6-12(21(25)26)4-5-14(10)22/h2-8,22H,1H3,(H,19,23)(H,20,24)/b18-8+. The summed E-state index contributed by atoms with van der Waals surface area (Å²) in [6.07, 6.45) is 0.982. The predicted molar refractivity (Wildman–Crippen MR) is 95.3 cm³/mol. The third-order valence-corrected chi connectivity index (χ3v) is 3.63. The maximum atomic E-state index is 11.8. The van der Waals surface area contributed by atoms with Crippen molar-refractivity contribution in [2.24, 2.45) is 5.10 Å². The summed E-state index contributed by atoms with van der Waals surface area (Å²) < 4.78 is 0. The molecule has 0 spiro atoms. The minimum Gasteiger partial charge on any atom is -0.507 e. The third kappa shape index (κ3) is 4.77. The second-order valence-corrected chi connectivity index (χ2v) is 5.52. The fourth-order valence-corrected chi connectivity index (χ4v) is 2.01. The van der Waals surface area contributed by atoms with Crippen LogP contribution in [0.15, 0.2) is 41.5 Å². The first-order valence-electron chi connectivity index (χ1n) is 7.16. The van der Waals surface area contributed by atoms with Gasteiger partial charge in [0.2, 0.25) is 0 Å². The van der Waals surface area contributed by atoms with Gasteiger partial charge in [0.25, 0.3) is 5.69 Å². The Balaban J connectivity index is 2.00. The number of aromatic hydroxyl groups is 1. The molecule has 0 aliphatic heterocycles. The average molecular weight is 377 g/mol. The predicted octanol–water partition coefficient (Wildman–Crippen LogP) is 2.35. The molecule has 26 heavy (non-hydrogen) atoms. The maximum Gasteiger partial charge on any atom is 0.329 e. The lowest BCUT2D eigenvalue weighted by molar-refractivity contribution is -0.384. The number of carbonyl (C=O) groups excluding carboxylic acids is 2. The number of non-ortho nitro benzene ring substituents is 1. The van der Waals surface area contributed by atoms with Gasteiger partial charge in [-0.15, -0.1) is 0 Å². The molecule has 3 N–H and O–H groups in total. The first-order chi connectivity index (χ1) is 12.3. The topological polar surface area (TPSA) is 134 Å². The molecular weight excluding hydrogens is 364 g/mol. The Morgan fingerprint density at radius 3 is 2.62 bits per heavy atom. The smallest absolute Gasteiger partial charge is 0.329 e. The molecule has 0 aromatic heterocycles. The van der Waals surface area contributed by atoms with E-state index in [9.17, 15) is 24.8 Å². The normalized spacial score (nSPS) is 10.5. The van der Waals surface area contributed by atoms with Gasteiger partial charge in [0.15, 0.2) is 0 Å². The number of amides is 2. The molecule has 2 aromatic carbocycles. The Kier molecular flexibility index (Phi) is 5.86. The van der Waals surface area contributed by atoms with Gasteiger partial charge in [-0.2, -0.15) is 5.10 Å². The molecule has 0 bridgehead atoms. The fraction of sp³-hybridized carbons (Fsp3) is 0.0625. The van der Waals surface area contributed by atoms with E-state index in [2.05, 4.69) is 10.4 Å². The summed E-state index contributed by atoms with van der Waals surface area (Å²) in [5.41, 5.74) is 2.85. The Hall–Kier alpha value is -3.46. The van der Waals surface area contributed by atoms with Crippen molar-refractivity contribution >= 4 is 41.0 Å². The summed E-state index contributed by atoms with van der Waals surface area (Å²) in [7, 11) is 0. The van der Waals surface area contributed by atoms with Crippen LogP contribution in [0.25, 0.3) is 0 Å². The Morgan fingerprint density at radius 1 is 1.23 bits per heavy atom. The summed E-state index contributed by atoms with van der Waals surface area (Å²) in [4.78, 5) is 33.5. The van der Waals surface area contributed by atoms with E-state index in [1.165, 1.54) is 6.07 Å². The van der Waals surface area contributed by atoms with Crippen LogP contribution in [-0.4, -0.2) is 28.1 Å². The van der Waals surface area contributed by atoms with E-state index < -0.39 is 16.7 Å². The van der Waals surface area contributed by atoms with E-state index in [0.717, 1.165) is 30.0 Å². The highest BCUT2D eigenvalue weighted by Crippen LogP contribution is 2.21. The van der Waals surface area contributed by atoms with E-state index >= 15 is 0 Å². The second kappa shape index (κ2) is 8.08. The molecule has 2 amide bonds. The van der Waals surface area contributed by atoms with Gasteiger partial charge in [0.1, 0.15) is 5.75 Å². The first kappa shape index (κ1) is 18.9. The number of hydrogen-bond acceptors (Lipinski definition) is 6.